The molecule has 1 aliphatic carbocycles. The maximum absolute atomic E-state index is 10.2. The van der Waals surface area contributed by atoms with Gasteiger partial charge in [0.05, 0.1) is 24.9 Å². The van der Waals surface area contributed by atoms with Crippen molar-refractivity contribution in [3.63, 3.8) is 0 Å². The summed E-state index contributed by atoms with van der Waals surface area (Å²) in [6.45, 7) is 2.15. The summed E-state index contributed by atoms with van der Waals surface area (Å²) in [5, 5.41) is 19.6. The van der Waals surface area contributed by atoms with E-state index in [1.165, 1.54) is 35.1 Å². The fourth-order valence-corrected chi connectivity index (χ4v) is 4.21. The molecule has 1 aliphatic heterocycles. The van der Waals surface area contributed by atoms with Crippen molar-refractivity contribution in [1.82, 2.24) is 0 Å². The second-order valence-electron chi connectivity index (χ2n) is 8.13. The topological polar surface area (TPSA) is 49.7 Å². The van der Waals surface area contributed by atoms with Gasteiger partial charge in [-0.15, -0.1) is 0 Å². The van der Waals surface area contributed by atoms with Gasteiger partial charge in [-0.1, -0.05) is 49.4 Å². The van der Waals surface area contributed by atoms with Crippen molar-refractivity contribution < 1.29 is 14.9 Å². The molecule has 2 aromatic carbocycles. The highest BCUT2D eigenvalue weighted by molar-refractivity contribution is 5.41. The summed E-state index contributed by atoms with van der Waals surface area (Å²) < 4.78 is 6.03. The highest BCUT2D eigenvalue weighted by atomic mass is 16.5. The zero-order valence-corrected chi connectivity index (χ0v) is 16.1. The lowest BCUT2D eigenvalue weighted by molar-refractivity contribution is -0.113. The summed E-state index contributed by atoms with van der Waals surface area (Å²) >= 11 is 0. The van der Waals surface area contributed by atoms with Crippen molar-refractivity contribution >= 4 is 0 Å². The fourth-order valence-electron chi connectivity index (χ4n) is 4.21. The van der Waals surface area contributed by atoms with Crippen molar-refractivity contribution in [1.29, 1.82) is 0 Å². The monoisotopic (exact) mass is 366 g/mol. The number of aliphatic hydroxyl groups excluding tert-OH is 2. The first kappa shape index (κ1) is 18.7. The van der Waals surface area contributed by atoms with Gasteiger partial charge in [-0.05, 0) is 59.4 Å². The molecule has 1 saturated carbocycles. The Labute approximate surface area is 162 Å². The summed E-state index contributed by atoms with van der Waals surface area (Å²) in [5.74, 6) is 0.701. The summed E-state index contributed by atoms with van der Waals surface area (Å²) in [4.78, 5) is 0. The largest absolute Gasteiger partial charge is 0.394 e. The van der Waals surface area contributed by atoms with Crippen LogP contribution in [-0.4, -0.2) is 29.0 Å². The molecule has 144 valence electrons. The zero-order valence-electron chi connectivity index (χ0n) is 16.1. The zero-order chi connectivity index (χ0) is 18.8. The Balaban J connectivity index is 1.60. The first-order chi connectivity index (χ1) is 13.2. The van der Waals surface area contributed by atoms with E-state index < -0.39 is 6.10 Å². The van der Waals surface area contributed by atoms with Crippen LogP contribution in [0.2, 0.25) is 0 Å². The Morgan fingerprint density at radius 1 is 1.00 bits per heavy atom. The molecule has 3 heteroatoms. The van der Waals surface area contributed by atoms with Gasteiger partial charge in [0.2, 0.25) is 0 Å². The first-order valence-corrected chi connectivity index (χ1v) is 10.3. The molecule has 2 aromatic rings. The van der Waals surface area contributed by atoms with Gasteiger partial charge in [-0.3, -0.25) is 0 Å². The smallest absolute Gasteiger partial charge is 0.0854 e. The van der Waals surface area contributed by atoms with Crippen LogP contribution in [0, 0.1) is 0 Å². The van der Waals surface area contributed by atoms with Gasteiger partial charge in [0.1, 0.15) is 0 Å². The van der Waals surface area contributed by atoms with Crippen LogP contribution < -0.4 is 0 Å². The summed E-state index contributed by atoms with van der Waals surface area (Å²) in [6, 6.07) is 15.6. The van der Waals surface area contributed by atoms with E-state index in [2.05, 4.69) is 49.4 Å². The second kappa shape index (κ2) is 8.14. The van der Waals surface area contributed by atoms with Crippen LogP contribution >= 0.6 is 0 Å². The number of rotatable bonds is 6. The third kappa shape index (κ3) is 4.43. The molecule has 2 aliphatic rings. The average molecular weight is 367 g/mol. The lowest BCUT2D eigenvalue weighted by Crippen LogP contribution is -2.33. The van der Waals surface area contributed by atoms with E-state index in [1.54, 1.807) is 0 Å². The summed E-state index contributed by atoms with van der Waals surface area (Å²) in [6.07, 6.45) is 4.87. The van der Waals surface area contributed by atoms with Crippen LogP contribution in [0.1, 0.15) is 72.4 Å². The third-order valence-corrected chi connectivity index (χ3v) is 5.96. The van der Waals surface area contributed by atoms with E-state index in [1.807, 2.05) is 0 Å². The average Bonchev–Trinajstić information content (AvgIpc) is 3.53. The lowest BCUT2D eigenvalue weighted by atomic mass is 9.90. The Kier molecular flexibility index (Phi) is 5.63. The van der Waals surface area contributed by atoms with Gasteiger partial charge < -0.3 is 14.9 Å². The van der Waals surface area contributed by atoms with E-state index in [0.29, 0.717) is 18.8 Å². The van der Waals surface area contributed by atoms with Gasteiger partial charge in [-0.2, -0.15) is 0 Å². The normalized spacial score (nSPS) is 25.5. The number of hydrogen-bond donors (Lipinski definition) is 2. The van der Waals surface area contributed by atoms with E-state index in [4.69, 9.17) is 4.74 Å². The first-order valence-electron chi connectivity index (χ1n) is 10.3. The van der Waals surface area contributed by atoms with E-state index in [-0.39, 0.29) is 18.8 Å². The molecule has 3 unspecified atom stereocenters. The fraction of sp³-hybridized carbons (Fsp3) is 0.500. The summed E-state index contributed by atoms with van der Waals surface area (Å²) in [5.41, 5.74) is 6.67. The molecule has 1 saturated heterocycles. The molecule has 3 nitrogen and oxygen atoms in total. The van der Waals surface area contributed by atoms with Gasteiger partial charge in [0.15, 0.2) is 0 Å². The number of benzene rings is 2. The molecule has 27 heavy (non-hydrogen) atoms. The SMILES string of the molecule is CCc1ccc(Cc2cc(C3CC(O)CC(CO)O3)ccc2C2CC2)cc1. The number of aliphatic hydroxyl groups is 2. The van der Waals surface area contributed by atoms with E-state index >= 15 is 0 Å². The van der Waals surface area contributed by atoms with Crippen LogP contribution in [-0.2, 0) is 17.6 Å². The Morgan fingerprint density at radius 3 is 2.41 bits per heavy atom. The van der Waals surface area contributed by atoms with Crippen molar-refractivity contribution in [2.75, 3.05) is 6.61 Å². The predicted molar refractivity (Wildman–Crippen MR) is 107 cm³/mol. The molecule has 0 amide bonds. The van der Waals surface area contributed by atoms with E-state index in [0.717, 1.165) is 18.4 Å². The van der Waals surface area contributed by atoms with Crippen molar-refractivity contribution in [3.05, 3.63) is 70.3 Å². The third-order valence-electron chi connectivity index (χ3n) is 5.96. The maximum Gasteiger partial charge on any atom is 0.0854 e. The molecule has 3 atom stereocenters. The Bertz CT molecular complexity index is 764. The van der Waals surface area contributed by atoms with E-state index in [9.17, 15) is 10.2 Å². The van der Waals surface area contributed by atoms with Gasteiger partial charge in [0, 0.05) is 12.8 Å². The molecule has 0 spiro atoms. The van der Waals surface area contributed by atoms with Crippen molar-refractivity contribution in [2.24, 2.45) is 0 Å². The molecule has 4 rings (SSSR count). The molecule has 0 radical (unpaired) electrons. The second-order valence-corrected chi connectivity index (χ2v) is 8.13. The van der Waals surface area contributed by atoms with Gasteiger partial charge in [-0.25, -0.2) is 0 Å². The van der Waals surface area contributed by atoms with Crippen molar-refractivity contribution in [3.8, 4) is 0 Å². The highest BCUT2D eigenvalue weighted by Crippen LogP contribution is 2.43. The molecule has 2 N–H and O–H groups in total. The van der Waals surface area contributed by atoms with Gasteiger partial charge in [0.25, 0.3) is 0 Å². The number of hydrogen-bond acceptors (Lipinski definition) is 3. The number of aryl methyl sites for hydroxylation is 1. The molecular weight excluding hydrogens is 336 g/mol. The minimum Gasteiger partial charge on any atom is -0.394 e. The van der Waals surface area contributed by atoms with Crippen molar-refractivity contribution in [2.45, 2.75) is 69.7 Å². The standard InChI is InChI=1S/C24H30O3/c1-2-16-3-5-17(6-4-16)11-20-12-19(9-10-23(20)18-7-8-18)24-14-21(26)13-22(15-25)27-24/h3-6,9-10,12,18,21-22,24-26H,2,7-8,11,13-15H2,1H3. The molecule has 2 fully saturated rings. The van der Waals surface area contributed by atoms with Crippen LogP contribution in [0.4, 0.5) is 0 Å². The Morgan fingerprint density at radius 2 is 1.74 bits per heavy atom. The summed E-state index contributed by atoms with van der Waals surface area (Å²) in [7, 11) is 0. The number of ether oxygens (including phenoxy) is 1. The van der Waals surface area contributed by atoms with Crippen LogP contribution in [0.3, 0.4) is 0 Å². The van der Waals surface area contributed by atoms with Crippen LogP contribution in [0.5, 0.6) is 0 Å². The Hall–Kier alpha value is -1.68. The molecule has 0 aromatic heterocycles. The molecular formula is C24H30O3. The minimum atomic E-state index is -0.408. The quantitative estimate of drug-likeness (QED) is 0.802. The molecule has 0 bridgehead atoms. The minimum absolute atomic E-state index is 0.0373. The van der Waals surface area contributed by atoms with Crippen LogP contribution in [0.15, 0.2) is 42.5 Å². The maximum atomic E-state index is 10.2. The highest BCUT2D eigenvalue weighted by Gasteiger charge is 2.31. The predicted octanol–water partition coefficient (Wildman–Crippen LogP) is 4.29. The van der Waals surface area contributed by atoms with Gasteiger partial charge >= 0.3 is 0 Å². The molecule has 1 heterocycles. The van der Waals surface area contributed by atoms with Crippen LogP contribution in [0.25, 0.3) is 0 Å². The lowest BCUT2D eigenvalue weighted by Gasteiger charge is -2.33.